The number of rotatable bonds is 9. The van der Waals surface area contributed by atoms with Gasteiger partial charge in [-0.25, -0.2) is 10.3 Å². The van der Waals surface area contributed by atoms with Gasteiger partial charge in [0.2, 0.25) is 0 Å². The van der Waals surface area contributed by atoms with E-state index in [0.29, 0.717) is 0 Å². The second kappa shape index (κ2) is 11.1. The Morgan fingerprint density at radius 2 is 1.15 bits per heavy atom. The summed E-state index contributed by atoms with van der Waals surface area (Å²) in [7, 11) is 0. The minimum Gasteiger partial charge on any atom is -0.505 e. The summed E-state index contributed by atoms with van der Waals surface area (Å²) in [6.45, 7) is 0.159. The van der Waals surface area contributed by atoms with E-state index in [1.165, 1.54) is 10.8 Å². The Morgan fingerprint density at radius 3 is 1.59 bits per heavy atom. The van der Waals surface area contributed by atoms with E-state index in [1.807, 2.05) is 121 Å². The maximum Gasteiger partial charge on any atom is 0.356 e. The first kappa shape index (κ1) is 25.5. The smallest absolute Gasteiger partial charge is 0.356 e. The lowest BCUT2D eigenvalue weighted by atomic mass is 9.80. The average Bonchev–Trinajstić information content (AvgIpc) is 3.31. The molecular formula is C32H26N2O5. The predicted octanol–water partition coefficient (Wildman–Crippen LogP) is 5.59. The van der Waals surface area contributed by atoms with E-state index in [-0.39, 0.29) is 17.8 Å². The molecule has 1 heterocycles. The van der Waals surface area contributed by atoms with Crippen molar-refractivity contribution >= 4 is 11.9 Å². The minimum absolute atomic E-state index is 0.159. The molecule has 0 aliphatic heterocycles. The highest BCUT2D eigenvalue weighted by Gasteiger charge is 2.39. The Morgan fingerprint density at radius 1 is 0.718 bits per heavy atom. The van der Waals surface area contributed by atoms with Gasteiger partial charge in [0.25, 0.3) is 5.91 Å². The molecule has 0 atom stereocenters. The number of hydrogen-bond acceptors (Lipinski definition) is 4. The summed E-state index contributed by atoms with van der Waals surface area (Å²) in [5.74, 6) is -2.77. The molecule has 0 bridgehead atoms. The molecule has 0 aliphatic carbocycles. The topological polar surface area (TPSA) is 101 Å². The van der Waals surface area contributed by atoms with Crippen LogP contribution in [0.4, 0.5) is 0 Å². The fraction of sp³-hybridized carbons (Fsp3) is 0.0625. The highest BCUT2D eigenvalue weighted by molar-refractivity contribution is 6.01. The van der Waals surface area contributed by atoms with E-state index in [4.69, 9.17) is 4.84 Å². The van der Waals surface area contributed by atoms with E-state index in [2.05, 4.69) is 5.48 Å². The first-order valence-electron chi connectivity index (χ1n) is 12.3. The van der Waals surface area contributed by atoms with Gasteiger partial charge < -0.3 is 14.8 Å². The molecule has 7 nitrogen and oxygen atoms in total. The van der Waals surface area contributed by atoms with Gasteiger partial charge >= 0.3 is 5.97 Å². The van der Waals surface area contributed by atoms with E-state index in [9.17, 15) is 19.8 Å². The van der Waals surface area contributed by atoms with Crippen LogP contribution < -0.4 is 5.48 Å². The van der Waals surface area contributed by atoms with Crippen molar-refractivity contribution in [3.05, 3.63) is 161 Å². The summed E-state index contributed by atoms with van der Waals surface area (Å²) in [5.41, 5.74) is 3.78. The number of aromatic hydroxyl groups is 1. The van der Waals surface area contributed by atoms with Crippen LogP contribution in [0.2, 0.25) is 0 Å². The van der Waals surface area contributed by atoms with Crippen LogP contribution >= 0.6 is 0 Å². The molecule has 0 fully saturated rings. The van der Waals surface area contributed by atoms with Crippen molar-refractivity contribution < 1.29 is 24.6 Å². The third kappa shape index (κ3) is 5.03. The van der Waals surface area contributed by atoms with Gasteiger partial charge in [-0.05, 0) is 22.3 Å². The SMILES string of the molecule is O=C(NOC(c1ccccc1)(c1ccccc1)c1ccccc1)c1cn(Cc2ccccc2)c(C(=O)O)c1O. The number of carbonyl (C=O) groups excluding carboxylic acids is 1. The molecule has 4 aromatic carbocycles. The number of carboxylic acids is 1. The molecule has 194 valence electrons. The molecule has 5 rings (SSSR count). The molecular weight excluding hydrogens is 492 g/mol. The number of hydrogen-bond donors (Lipinski definition) is 3. The normalized spacial score (nSPS) is 11.2. The van der Waals surface area contributed by atoms with E-state index < -0.39 is 23.2 Å². The first-order chi connectivity index (χ1) is 19.0. The zero-order valence-electron chi connectivity index (χ0n) is 20.9. The zero-order valence-corrected chi connectivity index (χ0v) is 20.9. The van der Waals surface area contributed by atoms with Crippen LogP contribution in [-0.4, -0.2) is 26.7 Å². The summed E-state index contributed by atoms with van der Waals surface area (Å²) in [5, 5.41) is 20.6. The summed E-state index contributed by atoms with van der Waals surface area (Å²) in [6.07, 6.45) is 1.32. The van der Waals surface area contributed by atoms with Gasteiger partial charge in [-0.1, -0.05) is 121 Å². The molecule has 0 radical (unpaired) electrons. The molecule has 1 amide bonds. The van der Waals surface area contributed by atoms with E-state index >= 15 is 0 Å². The predicted molar refractivity (Wildman–Crippen MR) is 146 cm³/mol. The molecule has 1 aromatic heterocycles. The van der Waals surface area contributed by atoms with Crippen LogP contribution in [0.15, 0.2) is 128 Å². The number of nitrogens with zero attached hydrogens (tertiary/aromatic N) is 1. The first-order valence-corrected chi connectivity index (χ1v) is 12.3. The van der Waals surface area contributed by atoms with Crippen molar-refractivity contribution in [2.75, 3.05) is 0 Å². The molecule has 0 saturated carbocycles. The molecule has 0 saturated heterocycles. The maximum atomic E-state index is 13.4. The second-order valence-electron chi connectivity index (χ2n) is 8.97. The van der Waals surface area contributed by atoms with Crippen molar-refractivity contribution in [3.8, 4) is 5.75 Å². The quantitative estimate of drug-likeness (QED) is 0.174. The Balaban J connectivity index is 1.55. The Labute approximate surface area is 225 Å². The number of carboxylic acid groups (broad SMARTS) is 1. The van der Waals surface area contributed by atoms with Crippen molar-refractivity contribution in [2.24, 2.45) is 0 Å². The van der Waals surface area contributed by atoms with Gasteiger partial charge in [-0.3, -0.25) is 9.63 Å². The number of carbonyl (C=O) groups is 2. The van der Waals surface area contributed by atoms with E-state index in [1.54, 1.807) is 0 Å². The van der Waals surface area contributed by atoms with Crippen LogP contribution in [0.5, 0.6) is 5.75 Å². The third-order valence-electron chi connectivity index (χ3n) is 6.53. The molecule has 39 heavy (non-hydrogen) atoms. The Hall–Kier alpha value is -5.14. The van der Waals surface area contributed by atoms with Crippen molar-refractivity contribution in [2.45, 2.75) is 12.1 Å². The van der Waals surface area contributed by atoms with Crippen LogP contribution in [0.3, 0.4) is 0 Å². The molecule has 0 unspecified atom stereocenters. The van der Waals surface area contributed by atoms with Gasteiger partial charge in [-0.15, -0.1) is 0 Å². The summed E-state index contributed by atoms with van der Waals surface area (Å²) < 4.78 is 1.33. The van der Waals surface area contributed by atoms with Gasteiger partial charge in [0.1, 0.15) is 5.56 Å². The van der Waals surface area contributed by atoms with Crippen molar-refractivity contribution in [3.63, 3.8) is 0 Å². The van der Waals surface area contributed by atoms with Crippen molar-refractivity contribution in [1.82, 2.24) is 10.0 Å². The van der Waals surface area contributed by atoms with Crippen LogP contribution in [0, 0.1) is 0 Å². The van der Waals surface area contributed by atoms with Gasteiger partial charge in [-0.2, -0.15) is 0 Å². The highest BCUT2D eigenvalue weighted by Crippen LogP contribution is 2.40. The van der Waals surface area contributed by atoms with Gasteiger partial charge in [0.15, 0.2) is 17.0 Å². The Kier molecular flexibility index (Phi) is 7.25. The van der Waals surface area contributed by atoms with Gasteiger partial charge in [0, 0.05) is 12.7 Å². The Bertz CT molecular complexity index is 1470. The number of aromatic nitrogens is 1. The molecule has 5 aromatic rings. The number of aromatic carboxylic acids is 1. The zero-order chi connectivity index (χ0) is 27.2. The lowest BCUT2D eigenvalue weighted by Crippen LogP contribution is -2.40. The number of hydroxylamine groups is 1. The summed E-state index contributed by atoms with van der Waals surface area (Å²) >= 11 is 0. The summed E-state index contributed by atoms with van der Waals surface area (Å²) in [4.78, 5) is 31.8. The summed E-state index contributed by atoms with van der Waals surface area (Å²) in [6, 6.07) is 37.6. The highest BCUT2D eigenvalue weighted by atomic mass is 16.7. The lowest BCUT2D eigenvalue weighted by Gasteiger charge is -2.34. The molecule has 0 spiro atoms. The largest absolute Gasteiger partial charge is 0.505 e. The fourth-order valence-electron chi connectivity index (χ4n) is 4.71. The van der Waals surface area contributed by atoms with Gasteiger partial charge in [0.05, 0.1) is 0 Å². The van der Waals surface area contributed by atoms with Crippen LogP contribution in [0.25, 0.3) is 0 Å². The maximum absolute atomic E-state index is 13.4. The lowest BCUT2D eigenvalue weighted by molar-refractivity contribution is -0.0475. The average molecular weight is 519 g/mol. The van der Waals surface area contributed by atoms with Crippen molar-refractivity contribution in [1.29, 1.82) is 0 Å². The molecule has 7 heteroatoms. The fourth-order valence-corrected chi connectivity index (χ4v) is 4.71. The monoisotopic (exact) mass is 518 g/mol. The van der Waals surface area contributed by atoms with Crippen LogP contribution in [-0.2, 0) is 17.0 Å². The van der Waals surface area contributed by atoms with E-state index in [0.717, 1.165) is 22.3 Å². The number of benzene rings is 4. The van der Waals surface area contributed by atoms with Crippen LogP contribution in [0.1, 0.15) is 43.1 Å². The molecule has 3 N–H and O–H groups in total. The second-order valence-corrected chi connectivity index (χ2v) is 8.97. The third-order valence-corrected chi connectivity index (χ3v) is 6.53. The number of nitrogens with one attached hydrogen (secondary N) is 1. The standard InChI is InChI=1S/C32H26N2O5/c35-29-27(22-34(28(29)31(37)38)21-23-13-5-1-6-14-23)30(36)33-39-32(24-15-7-2-8-16-24,25-17-9-3-10-18-25)26-19-11-4-12-20-26/h1-20,22,35H,21H2,(H,33,36)(H,37,38). The minimum atomic E-state index is -1.35. The number of amides is 1. The molecule has 0 aliphatic rings.